The molecule has 162 valence electrons. The van der Waals surface area contributed by atoms with Gasteiger partial charge in [0.15, 0.2) is 5.13 Å². The van der Waals surface area contributed by atoms with E-state index >= 15 is 0 Å². The van der Waals surface area contributed by atoms with Crippen LogP contribution >= 0.6 is 62.9 Å². The van der Waals surface area contributed by atoms with Gasteiger partial charge in [0, 0.05) is 35.0 Å². The van der Waals surface area contributed by atoms with Crippen LogP contribution in [0.1, 0.15) is 22.3 Å². The number of benzene rings is 2. The van der Waals surface area contributed by atoms with Gasteiger partial charge in [-0.25, -0.2) is 9.97 Å². The number of amides is 1. The quantitative estimate of drug-likeness (QED) is 0.254. The Hall–Kier alpha value is -1.64. The van der Waals surface area contributed by atoms with Gasteiger partial charge in [-0.3, -0.25) is 9.69 Å². The molecule has 4 rings (SSSR count). The second kappa shape index (κ2) is 10.3. The molecule has 0 spiro atoms. The normalized spacial score (nSPS) is 10.8. The highest BCUT2D eigenvalue weighted by Gasteiger charge is 2.24. The minimum Gasteiger partial charge on any atom is -0.337 e. The molecule has 0 aliphatic heterocycles. The minimum absolute atomic E-state index is 0. The number of fused-ring (bicyclic) bond motifs is 1. The van der Waals surface area contributed by atoms with E-state index < -0.39 is 0 Å². The number of anilines is 1. The zero-order valence-electron chi connectivity index (χ0n) is 16.4. The molecule has 2 heterocycles. The number of thiazole rings is 1. The van der Waals surface area contributed by atoms with Crippen molar-refractivity contribution in [1.29, 1.82) is 0 Å². The van der Waals surface area contributed by atoms with Gasteiger partial charge in [-0.2, -0.15) is 0 Å². The fourth-order valence-corrected chi connectivity index (χ4v) is 5.18. The predicted octanol–water partition coefficient (Wildman–Crippen LogP) is 7.03. The first-order valence-electron chi connectivity index (χ1n) is 9.22. The van der Waals surface area contributed by atoms with Crippen molar-refractivity contribution in [3.05, 3.63) is 74.7 Å². The van der Waals surface area contributed by atoms with Gasteiger partial charge in [0.05, 0.1) is 27.1 Å². The third-order valence-electron chi connectivity index (χ3n) is 4.63. The summed E-state index contributed by atoms with van der Waals surface area (Å²) in [6.45, 7) is 3.20. The Morgan fingerprint density at radius 3 is 2.81 bits per heavy atom. The van der Waals surface area contributed by atoms with Gasteiger partial charge in [-0.1, -0.05) is 50.5 Å². The highest BCUT2D eigenvalue weighted by Crippen LogP contribution is 2.34. The van der Waals surface area contributed by atoms with Gasteiger partial charge in [0.25, 0.3) is 5.91 Å². The number of hydrogen-bond donors (Lipinski definition) is 0. The van der Waals surface area contributed by atoms with Crippen LogP contribution in [-0.2, 0) is 6.54 Å². The standard InChI is InChI=1S/C21H17BrCl2N4OS.ClH/c1-13-9-15(23)11-18-19(13)26-21(30-18)28(7-2-6-27-8-5-25-12-27)20(29)16-10-14(22)3-4-17(16)24;/h3-5,8-12H,2,6-7H2,1H3;1H. The maximum Gasteiger partial charge on any atom is 0.261 e. The van der Waals surface area contributed by atoms with E-state index in [0.717, 1.165) is 33.2 Å². The summed E-state index contributed by atoms with van der Waals surface area (Å²) < 4.78 is 3.72. The molecule has 0 unspecified atom stereocenters. The average Bonchev–Trinajstić information content (AvgIpc) is 3.36. The lowest BCUT2D eigenvalue weighted by Crippen LogP contribution is -2.32. The largest absolute Gasteiger partial charge is 0.337 e. The third-order valence-corrected chi connectivity index (χ3v) is 6.70. The smallest absolute Gasteiger partial charge is 0.261 e. The molecule has 0 saturated heterocycles. The average molecular weight is 561 g/mol. The van der Waals surface area contributed by atoms with Crippen LogP contribution in [0, 0.1) is 6.92 Å². The first kappa shape index (κ1) is 24.0. The van der Waals surface area contributed by atoms with Gasteiger partial charge in [0.2, 0.25) is 0 Å². The number of nitrogens with zero attached hydrogens (tertiary/aromatic N) is 4. The maximum atomic E-state index is 13.5. The van der Waals surface area contributed by atoms with E-state index in [1.807, 2.05) is 35.9 Å². The number of aryl methyl sites for hydroxylation is 2. The first-order valence-corrected chi connectivity index (χ1v) is 11.6. The maximum absolute atomic E-state index is 13.5. The summed E-state index contributed by atoms with van der Waals surface area (Å²) in [6, 6.07) is 9.02. The fourth-order valence-electron chi connectivity index (χ4n) is 3.18. The van der Waals surface area contributed by atoms with Crippen LogP contribution in [0.25, 0.3) is 10.2 Å². The minimum atomic E-state index is -0.185. The number of imidazole rings is 1. The van der Waals surface area contributed by atoms with Crippen molar-refractivity contribution >= 4 is 84.1 Å². The molecule has 0 aliphatic rings. The van der Waals surface area contributed by atoms with Gasteiger partial charge >= 0.3 is 0 Å². The zero-order valence-corrected chi connectivity index (χ0v) is 21.1. The Kier molecular flexibility index (Phi) is 7.99. The first-order chi connectivity index (χ1) is 14.4. The summed E-state index contributed by atoms with van der Waals surface area (Å²) >= 11 is 17.4. The number of halogens is 4. The molecule has 0 fully saturated rings. The van der Waals surface area contributed by atoms with Crippen LogP contribution in [0.5, 0.6) is 0 Å². The Labute approximate surface area is 208 Å². The summed E-state index contributed by atoms with van der Waals surface area (Å²) in [5.74, 6) is -0.185. The fraction of sp³-hybridized carbons (Fsp3) is 0.190. The van der Waals surface area contributed by atoms with Crippen molar-refractivity contribution in [1.82, 2.24) is 14.5 Å². The van der Waals surface area contributed by atoms with E-state index in [1.165, 1.54) is 11.3 Å². The lowest BCUT2D eigenvalue weighted by atomic mass is 10.2. The molecule has 1 amide bonds. The molecular formula is C21H18BrCl3N4OS. The summed E-state index contributed by atoms with van der Waals surface area (Å²) in [5.41, 5.74) is 2.26. The number of carbonyl (C=O) groups excluding carboxylic acids is 1. The Balaban J connectivity index is 0.00000272. The molecule has 2 aromatic carbocycles. The van der Waals surface area contributed by atoms with E-state index in [4.69, 9.17) is 28.2 Å². The predicted molar refractivity (Wildman–Crippen MR) is 134 cm³/mol. The second-order valence-electron chi connectivity index (χ2n) is 6.80. The lowest BCUT2D eigenvalue weighted by Gasteiger charge is -2.21. The lowest BCUT2D eigenvalue weighted by molar-refractivity contribution is 0.0986. The molecule has 10 heteroatoms. The molecule has 0 bridgehead atoms. The van der Waals surface area contributed by atoms with Crippen molar-refractivity contribution in [2.75, 3.05) is 11.4 Å². The molecule has 0 saturated carbocycles. The van der Waals surface area contributed by atoms with Crippen LogP contribution in [0.3, 0.4) is 0 Å². The van der Waals surface area contributed by atoms with Gasteiger partial charge < -0.3 is 4.57 Å². The molecule has 0 aliphatic carbocycles. The van der Waals surface area contributed by atoms with Gasteiger partial charge in [0.1, 0.15) is 0 Å². The number of carbonyl (C=O) groups is 1. The molecule has 2 aromatic heterocycles. The van der Waals surface area contributed by atoms with Crippen molar-refractivity contribution in [3.8, 4) is 0 Å². The van der Waals surface area contributed by atoms with Crippen LogP contribution in [-0.4, -0.2) is 27.0 Å². The van der Waals surface area contributed by atoms with Gasteiger partial charge in [-0.05, 0) is 49.2 Å². The topological polar surface area (TPSA) is 51.0 Å². The molecular weight excluding hydrogens is 543 g/mol. The van der Waals surface area contributed by atoms with E-state index in [0.29, 0.717) is 27.3 Å². The Morgan fingerprint density at radius 1 is 1.26 bits per heavy atom. The molecule has 4 aromatic rings. The van der Waals surface area contributed by atoms with Crippen molar-refractivity contribution in [2.45, 2.75) is 19.9 Å². The van der Waals surface area contributed by atoms with Crippen molar-refractivity contribution < 1.29 is 4.79 Å². The summed E-state index contributed by atoms with van der Waals surface area (Å²) in [6.07, 6.45) is 6.15. The van der Waals surface area contributed by atoms with Crippen LogP contribution in [0.15, 0.2) is 53.5 Å². The van der Waals surface area contributed by atoms with Crippen molar-refractivity contribution in [2.24, 2.45) is 0 Å². The Bertz CT molecular complexity index is 1210. The molecule has 5 nitrogen and oxygen atoms in total. The summed E-state index contributed by atoms with van der Waals surface area (Å²) in [4.78, 5) is 24.0. The second-order valence-corrected chi connectivity index (χ2v) is 9.57. The molecule has 0 radical (unpaired) electrons. The van der Waals surface area contributed by atoms with E-state index in [9.17, 15) is 4.79 Å². The van der Waals surface area contributed by atoms with E-state index in [2.05, 4.69) is 20.9 Å². The molecule has 0 N–H and O–H groups in total. The third kappa shape index (κ3) is 5.41. The Morgan fingerprint density at radius 2 is 2.06 bits per heavy atom. The van der Waals surface area contributed by atoms with Crippen LogP contribution in [0.2, 0.25) is 10.0 Å². The number of hydrogen-bond acceptors (Lipinski definition) is 4. The van der Waals surface area contributed by atoms with Gasteiger partial charge in [-0.15, -0.1) is 12.4 Å². The zero-order chi connectivity index (χ0) is 21.3. The van der Waals surface area contributed by atoms with E-state index in [-0.39, 0.29) is 18.3 Å². The highest BCUT2D eigenvalue weighted by molar-refractivity contribution is 9.10. The number of aromatic nitrogens is 3. The van der Waals surface area contributed by atoms with E-state index in [1.54, 1.807) is 29.6 Å². The monoisotopic (exact) mass is 558 g/mol. The molecule has 0 atom stereocenters. The van der Waals surface area contributed by atoms with Crippen LogP contribution in [0.4, 0.5) is 5.13 Å². The number of rotatable bonds is 6. The highest BCUT2D eigenvalue weighted by atomic mass is 79.9. The van der Waals surface area contributed by atoms with Crippen molar-refractivity contribution in [3.63, 3.8) is 0 Å². The summed E-state index contributed by atoms with van der Waals surface area (Å²) in [5, 5.41) is 1.69. The SMILES string of the molecule is Cc1cc(Cl)cc2sc(N(CCCn3ccnc3)C(=O)c3cc(Br)ccc3Cl)nc12.Cl. The molecule has 31 heavy (non-hydrogen) atoms. The van der Waals surface area contributed by atoms with Crippen LogP contribution < -0.4 is 4.90 Å². The summed E-state index contributed by atoms with van der Waals surface area (Å²) in [7, 11) is 0.